The second-order valence-electron chi connectivity index (χ2n) is 3.73. The number of nitrogens with one attached hydrogen (secondary N) is 1. The zero-order chi connectivity index (χ0) is 9.10. The maximum absolute atomic E-state index is 9.11. The highest BCUT2D eigenvalue weighted by molar-refractivity contribution is 8.93. The Bertz CT molecular complexity index is 267. The third-order valence-electron chi connectivity index (χ3n) is 2.62. The summed E-state index contributed by atoms with van der Waals surface area (Å²) in [6.45, 7) is 2.30. The molecule has 1 aliphatic heterocycles. The highest BCUT2D eigenvalue weighted by Gasteiger charge is 2.14. The first-order valence-electron chi connectivity index (χ1n) is 4.83. The molecule has 2 rings (SSSR count). The standard InChI is InChI=1S/C11H15NO.BrH/c13-11-3-1-9(2-4-11)7-10-5-6-12-8-10;/h1-4,10,12-13H,5-8H2;1H. The molecule has 1 unspecified atom stereocenters. The minimum atomic E-state index is 0. The number of benzene rings is 1. The van der Waals surface area contributed by atoms with Crippen molar-refractivity contribution in [2.45, 2.75) is 12.8 Å². The van der Waals surface area contributed by atoms with Gasteiger partial charge in [-0.3, -0.25) is 0 Å². The van der Waals surface area contributed by atoms with Crippen LogP contribution in [0.15, 0.2) is 24.3 Å². The molecule has 0 radical (unpaired) electrons. The highest BCUT2D eigenvalue weighted by atomic mass is 79.9. The number of rotatable bonds is 2. The van der Waals surface area contributed by atoms with E-state index in [-0.39, 0.29) is 17.0 Å². The van der Waals surface area contributed by atoms with Crippen LogP contribution < -0.4 is 5.32 Å². The second-order valence-corrected chi connectivity index (χ2v) is 3.73. The number of hydrogen-bond donors (Lipinski definition) is 2. The highest BCUT2D eigenvalue weighted by Crippen LogP contribution is 2.17. The molecule has 0 amide bonds. The first-order valence-corrected chi connectivity index (χ1v) is 4.83. The third kappa shape index (κ3) is 3.00. The molecule has 0 aliphatic carbocycles. The van der Waals surface area contributed by atoms with Crippen molar-refractivity contribution in [1.29, 1.82) is 0 Å². The number of phenols is 1. The number of phenolic OH excluding ortho intramolecular Hbond substituents is 1. The Kier molecular flexibility index (Phi) is 4.42. The lowest BCUT2D eigenvalue weighted by atomic mass is 9.99. The van der Waals surface area contributed by atoms with Gasteiger partial charge in [-0.05, 0) is 49.5 Å². The van der Waals surface area contributed by atoms with Gasteiger partial charge in [0.25, 0.3) is 0 Å². The first kappa shape index (κ1) is 11.5. The van der Waals surface area contributed by atoms with E-state index in [9.17, 15) is 0 Å². The lowest BCUT2D eigenvalue weighted by Gasteiger charge is -2.07. The normalized spacial score (nSPS) is 20.4. The molecule has 1 aromatic carbocycles. The summed E-state index contributed by atoms with van der Waals surface area (Å²) in [5.41, 5.74) is 1.33. The molecule has 0 saturated carbocycles. The smallest absolute Gasteiger partial charge is 0.115 e. The molecular weight excluding hydrogens is 242 g/mol. The first-order chi connectivity index (χ1) is 6.34. The largest absolute Gasteiger partial charge is 0.508 e. The van der Waals surface area contributed by atoms with Crippen LogP contribution in [-0.4, -0.2) is 18.2 Å². The van der Waals surface area contributed by atoms with Crippen molar-refractivity contribution in [1.82, 2.24) is 5.32 Å². The Morgan fingerprint density at radius 3 is 2.57 bits per heavy atom. The van der Waals surface area contributed by atoms with Crippen LogP contribution in [0.4, 0.5) is 0 Å². The lowest BCUT2D eigenvalue weighted by molar-refractivity contribution is 0.474. The van der Waals surface area contributed by atoms with Gasteiger partial charge in [-0.2, -0.15) is 0 Å². The Morgan fingerprint density at radius 2 is 2.00 bits per heavy atom. The summed E-state index contributed by atoms with van der Waals surface area (Å²) in [5.74, 6) is 1.14. The number of halogens is 1. The van der Waals surface area contributed by atoms with Crippen molar-refractivity contribution in [3.63, 3.8) is 0 Å². The van der Waals surface area contributed by atoms with Crippen molar-refractivity contribution in [3.8, 4) is 5.75 Å². The summed E-state index contributed by atoms with van der Waals surface area (Å²) < 4.78 is 0. The maximum Gasteiger partial charge on any atom is 0.115 e. The molecule has 78 valence electrons. The van der Waals surface area contributed by atoms with Gasteiger partial charge in [-0.1, -0.05) is 12.1 Å². The van der Waals surface area contributed by atoms with E-state index in [1.807, 2.05) is 12.1 Å². The van der Waals surface area contributed by atoms with Crippen molar-refractivity contribution in [2.75, 3.05) is 13.1 Å². The molecule has 2 N–H and O–H groups in total. The Hall–Kier alpha value is -0.540. The lowest BCUT2D eigenvalue weighted by Crippen LogP contribution is -2.10. The van der Waals surface area contributed by atoms with Crippen LogP contribution in [0.25, 0.3) is 0 Å². The predicted octanol–water partition coefficient (Wildman–Crippen LogP) is 2.12. The average molecular weight is 258 g/mol. The van der Waals surface area contributed by atoms with E-state index in [0.717, 1.165) is 25.4 Å². The zero-order valence-electron chi connectivity index (χ0n) is 8.07. The van der Waals surface area contributed by atoms with Gasteiger partial charge < -0.3 is 10.4 Å². The molecule has 1 heterocycles. The number of hydrogen-bond acceptors (Lipinski definition) is 2. The van der Waals surface area contributed by atoms with Crippen LogP contribution in [0.1, 0.15) is 12.0 Å². The number of aromatic hydroxyl groups is 1. The third-order valence-corrected chi connectivity index (χ3v) is 2.62. The summed E-state index contributed by atoms with van der Waals surface area (Å²) in [6, 6.07) is 7.54. The second kappa shape index (κ2) is 5.37. The summed E-state index contributed by atoms with van der Waals surface area (Å²) in [4.78, 5) is 0. The van der Waals surface area contributed by atoms with E-state index in [0.29, 0.717) is 5.75 Å². The van der Waals surface area contributed by atoms with E-state index < -0.39 is 0 Å². The Morgan fingerprint density at radius 1 is 1.29 bits per heavy atom. The molecule has 2 nitrogen and oxygen atoms in total. The summed E-state index contributed by atoms with van der Waals surface area (Å²) in [7, 11) is 0. The van der Waals surface area contributed by atoms with Gasteiger partial charge in [-0.15, -0.1) is 17.0 Å². The molecule has 1 fully saturated rings. The van der Waals surface area contributed by atoms with Crippen LogP contribution in [0.2, 0.25) is 0 Å². The minimum absolute atomic E-state index is 0. The van der Waals surface area contributed by atoms with Crippen molar-refractivity contribution in [2.24, 2.45) is 5.92 Å². The Labute approximate surface area is 95.1 Å². The fourth-order valence-corrected chi connectivity index (χ4v) is 1.85. The van der Waals surface area contributed by atoms with Gasteiger partial charge in [0.2, 0.25) is 0 Å². The minimum Gasteiger partial charge on any atom is -0.508 e. The quantitative estimate of drug-likeness (QED) is 0.851. The van der Waals surface area contributed by atoms with Crippen LogP contribution in [0.3, 0.4) is 0 Å². The van der Waals surface area contributed by atoms with Gasteiger partial charge in [0.15, 0.2) is 0 Å². The van der Waals surface area contributed by atoms with Crippen molar-refractivity contribution < 1.29 is 5.11 Å². The molecule has 14 heavy (non-hydrogen) atoms. The van der Waals surface area contributed by atoms with E-state index in [1.54, 1.807) is 12.1 Å². The molecule has 3 heteroatoms. The fraction of sp³-hybridized carbons (Fsp3) is 0.455. The molecular formula is C11H16BrNO. The summed E-state index contributed by atoms with van der Waals surface area (Å²) in [5, 5.41) is 12.5. The van der Waals surface area contributed by atoms with Crippen molar-refractivity contribution in [3.05, 3.63) is 29.8 Å². The zero-order valence-corrected chi connectivity index (χ0v) is 9.78. The van der Waals surface area contributed by atoms with Crippen LogP contribution in [-0.2, 0) is 6.42 Å². The molecule has 0 aromatic heterocycles. The topological polar surface area (TPSA) is 32.3 Å². The van der Waals surface area contributed by atoms with Gasteiger partial charge in [0, 0.05) is 0 Å². The SMILES string of the molecule is Br.Oc1ccc(CC2CCNC2)cc1. The van der Waals surface area contributed by atoms with Crippen LogP contribution in [0.5, 0.6) is 5.75 Å². The van der Waals surface area contributed by atoms with Crippen LogP contribution >= 0.6 is 17.0 Å². The van der Waals surface area contributed by atoms with E-state index in [4.69, 9.17) is 5.11 Å². The van der Waals surface area contributed by atoms with Crippen LogP contribution in [0, 0.1) is 5.92 Å². The van der Waals surface area contributed by atoms with Gasteiger partial charge in [0.05, 0.1) is 0 Å². The molecule has 0 spiro atoms. The van der Waals surface area contributed by atoms with E-state index in [2.05, 4.69) is 5.32 Å². The summed E-state index contributed by atoms with van der Waals surface area (Å²) >= 11 is 0. The molecule has 1 saturated heterocycles. The monoisotopic (exact) mass is 257 g/mol. The molecule has 0 bridgehead atoms. The fourth-order valence-electron chi connectivity index (χ4n) is 1.85. The molecule has 1 aromatic rings. The van der Waals surface area contributed by atoms with E-state index in [1.165, 1.54) is 12.0 Å². The molecule has 1 atom stereocenters. The van der Waals surface area contributed by atoms with Gasteiger partial charge in [-0.25, -0.2) is 0 Å². The van der Waals surface area contributed by atoms with Gasteiger partial charge >= 0.3 is 0 Å². The van der Waals surface area contributed by atoms with Gasteiger partial charge in [0.1, 0.15) is 5.75 Å². The van der Waals surface area contributed by atoms with E-state index >= 15 is 0 Å². The Balaban J connectivity index is 0.000000980. The average Bonchev–Trinajstić information content (AvgIpc) is 2.62. The van der Waals surface area contributed by atoms with Crippen molar-refractivity contribution >= 4 is 17.0 Å². The predicted molar refractivity (Wildman–Crippen MR) is 63.1 cm³/mol. The molecule has 1 aliphatic rings. The summed E-state index contributed by atoms with van der Waals surface area (Å²) in [6.07, 6.45) is 2.41. The maximum atomic E-state index is 9.11.